The van der Waals surface area contributed by atoms with Gasteiger partial charge in [0.15, 0.2) is 0 Å². The molecular formula is C28H33F2N5. The second-order valence-electron chi connectivity index (χ2n) is 10.4. The van der Waals surface area contributed by atoms with Gasteiger partial charge in [0, 0.05) is 61.4 Å². The average molecular weight is 478 g/mol. The lowest BCUT2D eigenvalue weighted by atomic mass is 9.81. The number of hydrogen-bond acceptors (Lipinski definition) is 4. The van der Waals surface area contributed by atoms with E-state index in [1.807, 2.05) is 19.3 Å². The number of fused-ring (bicyclic) bond motifs is 2. The quantitative estimate of drug-likeness (QED) is 0.506. The Morgan fingerprint density at radius 2 is 1.86 bits per heavy atom. The first-order valence-electron chi connectivity index (χ1n) is 12.8. The zero-order valence-corrected chi connectivity index (χ0v) is 20.2. The second kappa shape index (κ2) is 9.03. The summed E-state index contributed by atoms with van der Waals surface area (Å²) in [4.78, 5) is 2.31. The van der Waals surface area contributed by atoms with Gasteiger partial charge in [-0.3, -0.25) is 4.68 Å². The van der Waals surface area contributed by atoms with Crippen LogP contribution in [0.15, 0.2) is 36.7 Å². The van der Waals surface area contributed by atoms with Crippen LogP contribution in [0, 0.1) is 0 Å². The molecule has 3 N–H and O–H groups in total. The van der Waals surface area contributed by atoms with E-state index in [4.69, 9.17) is 5.73 Å². The zero-order valence-electron chi connectivity index (χ0n) is 20.2. The molecule has 1 aromatic heterocycles. The van der Waals surface area contributed by atoms with Crippen molar-refractivity contribution >= 4 is 11.4 Å². The summed E-state index contributed by atoms with van der Waals surface area (Å²) in [7, 11) is 1.81. The highest BCUT2D eigenvalue weighted by atomic mass is 19.3. The molecule has 184 valence electrons. The van der Waals surface area contributed by atoms with Crippen molar-refractivity contribution in [2.24, 2.45) is 12.8 Å². The molecule has 1 saturated carbocycles. The number of aryl methyl sites for hydroxylation is 2. The van der Waals surface area contributed by atoms with Crippen molar-refractivity contribution in [2.45, 2.75) is 70.0 Å². The molecular weight excluding hydrogens is 444 g/mol. The molecule has 35 heavy (non-hydrogen) atoms. The number of benzene rings is 2. The van der Waals surface area contributed by atoms with Gasteiger partial charge in [-0.1, -0.05) is 6.07 Å². The van der Waals surface area contributed by atoms with Crippen LogP contribution in [0.3, 0.4) is 0 Å². The SMILES string of the molecule is Cn1cc(-c2cc3c(cc2C(F)F)N(c2cc(C4CCC(N)CC4)cc4c2CNC4)CCC3)cn1. The number of nitrogens with one attached hydrogen (secondary N) is 1. The van der Waals surface area contributed by atoms with E-state index in [1.54, 1.807) is 16.9 Å². The fourth-order valence-electron chi connectivity index (χ4n) is 6.24. The lowest BCUT2D eigenvalue weighted by Crippen LogP contribution is -2.27. The smallest absolute Gasteiger partial charge is 0.264 e. The summed E-state index contributed by atoms with van der Waals surface area (Å²) in [6, 6.07) is 8.76. The molecule has 0 spiro atoms. The molecule has 0 atom stereocenters. The predicted molar refractivity (Wildman–Crippen MR) is 135 cm³/mol. The molecule has 2 aromatic carbocycles. The normalized spacial score (nSPS) is 21.9. The minimum absolute atomic E-state index is 0.0795. The van der Waals surface area contributed by atoms with Crippen LogP contribution in [0.4, 0.5) is 20.2 Å². The van der Waals surface area contributed by atoms with E-state index in [-0.39, 0.29) is 5.56 Å². The van der Waals surface area contributed by atoms with Gasteiger partial charge in [0.05, 0.1) is 6.20 Å². The van der Waals surface area contributed by atoms with Crippen molar-refractivity contribution in [3.05, 3.63) is 64.5 Å². The van der Waals surface area contributed by atoms with E-state index in [0.717, 1.165) is 75.0 Å². The maximum absolute atomic E-state index is 14.3. The Kier molecular flexibility index (Phi) is 5.85. The Hall–Kier alpha value is -2.77. The molecule has 6 rings (SSSR count). The Morgan fingerprint density at radius 3 is 2.60 bits per heavy atom. The van der Waals surface area contributed by atoms with Crippen LogP contribution in [0.25, 0.3) is 11.1 Å². The Balaban J connectivity index is 1.45. The third kappa shape index (κ3) is 4.15. The van der Waals surface area contributed by atoms with Crippen LogP contribution in [0.1, 0.15) is 72.3 Å². The number of hydrogen-bond donors (Lipinski definition) is 2. The topological polar surface area (TPSA) is 59.1 Å². The molecule has 3 aliphatic rings. The van der Waals surface area contributed by atoms with Gasteiger partial charge < -0.3 is 16.0 Å². The summed E-state index contributed by atoms with van der Waals surface area (Å²) < 4.78 is 30.3. The zero-order chi connectivity index (χ0) is 24.1. The first-order chi connectivity index (χ1) is 17.0. The van der Waals surface area contributed by atoms with Gasteiger partial charge in [0.25, 0.3) is 6.43 Å². The van der Waals surface area contributed by atoms with Crippen LogP contribution in [-0.4, -0.2) is 22.4 Å². The van der Waals surface area contributed by atoms with E-state index < -0.39 is 6.43 Å². The van der Waals surface area contributed by atoms with Gasteiger partial charge in [-0.2, -0.15) is 5.10 Å². The molecule has 0 bridgehead atoms. The van der Waals surface area contributed by atoms with E-state index in [0.29, 0.717) is 17.5 Å². The Morgan fingerprint density at radius 1 is 1.03 bits per heavy atom. The minimum Gasteiger partial charge on any atom is -0.341 e. The maximum atomic E-state index is 14.3. The first kappa shape index (κ1) is 22.7. The molecule has 2 aliphatic heterocycles. The molecule has 0 amide bonds. The monoisotopic (exact) mass is 477 g/mol. The van der Waals surface area contributed by atoms with Gasteiger partial charge in [-0.15, -0.1) is 0 Å². The highest BCUT2D eigenvalue weighted by Crippen LogP contribution is 2.44. The number of aromatic nitrogens is 2. The molecule has 1 aliphatic carbocycles. The Bertz CT molecular complexity index is 1240. The average Bonchev–Trinajstić information content (AvgIpc) is 3.51. The summed E-state index contributed by atoms with van der Waals surface area (Å²) in [5.41, 5.74) is 14.9. The predicted octanol–water partition coefficient (Wildman–Crippen LogP) is 5.70. The van der Waals surface area contributed by atoms with Gasteiger partial charge in [0.2, 0.25) is 0 Å². The largest absolute Gasteiger partial charge is 0.341 e. The minimum atomic E-state index is -2.55. The molecule has 3 aromatic rings. The molecule has 0 unspecified atom stereocenters. The van der Waals surface area contributed by atoms with Crippen LogP contribution in [-0.2, 0) is 26.6 Å². The fourth-order valence-corrected chi connectivity index (χ4v) is 6.24. The van der Waals surface area contributed by atoms with Crippen molar-refractivity contribution in [3.8, 4) is 11.1 Å². The summed E-state index contributed by atoms with van der Waals surface area (Å²) in [5.74, 6) is 0.522. The van der Waals surface area contributed by atoms with Gasteiger partial charge in [-0.05, 0) is 90.5 Å². The van der Waals surface area contributed by atoms with E-state index in [1.165, 1.54) is 22.4 Å². The van der Waals surface area contributed by atoms with Crippen molar-refractivity contribution < 1.29 is 8.78 Å². The van der Waals surface area contributed by atoms with Gasteiger partial charge in [0.1, 0.15) is 0 Å². The number of rotatable bonds is 4. The molecule has 0 radical (unpaired) electrons. The third-order valence-electron chi connectivity index (χ3n) is 8.11. The number of halogens is 2. The van der Waals surface area contributed by atoms with Crippen LogP contribution >= 0.6 is 0 Å². The molecule has 5 nitrogen and oxygen atoms in total. The van der Waals surface area contributed by atoms with E-state index in [9.17, 15) is 8.78 Å². The fraction of sp³-hybridized carbons (Fsp3) is 0.464. The maximum Gasteiger partial charge on any atom is 0.264 e. The first-order valence-corrected chi connectivity index (χ1v) is 12.8. The highest BCUT2D eigenvalue weighted by molar-refractivity contribution is 5.78. The molecule has 7 heteroatoms. The second-order valence-corrected chi connectivity index (χ2v) is 10.4. The summed E-state index contributed by atoms with van der Waals surface area (Å²) in [6.07, 6.45) is 7.19. The van der Waals surface area contributed by atoms with Crippen LogP contribution in [0.2, 0.25) is 0 Å². The van der Waals surface area contributed by atoms with Crippen molar-refractivity contribution in [3.63, 3.8) is 0 Å². The van der Waals surface area contributed by atoms with Crippen molar-refractivity contribution in [1.82, 2.24) is 15.1 Å². The molecule has 1 fully saturated rings. The van der Waals surface area contributed by atoms with Crippen LogP contribution in [0.5, 0.6) is 0 Å². The highest BCUT2D eigenvalue weighted by Gasteiger charge is 2.29. The van der Waals surface area contributed by atoms with Gasteiger partial charge >= 0.3 is 0 Å². The van der Waals surface area contributed by atoms with Gasteiger partial charge in [-0.25, -0.2) is 8.78 Å². The standard InChI is InChI=1S/C28H33F2N5/c1-34-16-21(14-33-34)23-10-18-3-2-8-35(26(18)12-24(23)28(29)30)27-11-19(9-20-13-32-15-25(20)27)17-4-6-22(31)7-5-17/h9-12,14,16-17,22,28,32H,2-8,13,15,31H2,1H3. The number of anilines is 2. The number of nitrogens with two attached hydrogens (primary N) is 1. The summed E-state index contributed by atoms with van der Waals surface area (Å²) in [5, 5.41) is 7.73. The van der Waals surface area contributed by atoms with E-state index >= 15 is 0 Å². The van der Waals surface area contributed by atoms with Crippen LogP contribution < -0.4 is 16.0 Å². The summed E-state index contributed by atoms with van der Waals surface area (Å²) in [6.45, 7) is 2.53. The van der Waals surface area contributed by atoms with E-state index in [2.05, 4.69) is 27.4 Å². The number of nitrogens with zero attached hydrogens (tertiary/aromatic N) is 3. The van der Waals surface area contributed by atoms with Crippen molar-refractivity contribution in [2.75, 3.05) is 11.4 Å². The molecule has 3 heterocycles. The lowest BCUT2D eigenvalue weighted by molar-refractivity contribution is 0.152. The summed E-state index contributed by atoms with van der Waals surface area (Å²) >= 11 is 0. The number of alkyl halides is 2. The van der Waals surface area contributed by atoms with Crippen molar-refractivity contribution in [1.29, 1.82) is 0 Å². The Labute approximate surface area is 205 Å². The third-order valence-corrected chi connectivity index (χ3v) is 8.11. The molecule has 0 saturated heterocycles. The lowest BCUT2D eigenvalue weighted by Gasteiger charge is -2.35.